The predicted molar refractivity (Wildman–Crippen MR) is 141 cm³/mol. The zero-order chi connectivity index (χ0) is 23.7. The highest BCUT2D eigenvalue weighted by atomic mass is 79.9. The first-order valence-corrected chi connectivity index (χ1v) is 14.1. The van der Waals surface area contributed by atoms with Crippen LogP contribution in [0.4, 0.5) is 23.1 Å². The van der Waals surface area contributed by atoms with E-state index in [1.807, 2.05) is 12.1 Å². The summed E-state index contributed by atoms with van der Waals surface area (Å²) in [7, 11) is 1.22. The van der Waals surface area contributed by atoms with Crippen molar-refractivity contribution in [2.75, 3.05) is 50.8 Å². The van der Waals surface area contributed by atoms with Gasteiger partial charge in [-0.2, -0.15) is 4.98 Å². The summed E-state index contributed by atoms with van der Waals surface area (Å²) in [6.45, 7) is 7.35. The highest BCUT2D eigenvalue weighted by Gasteiger charge is 2.22. The standard InChI is InChI=1S/C24H27BrN5O3P/c1-31-20-11-15-12-26-7-6-14(15)10-18(20)29-24-27-13-16(25)23(30-24)28-17-4-5-19-21(22(17)34(2)3)33-9-8-32-19/h4-5,10-11,13,26H,6-9,12H2,1-3H3,(H2,27,28,29,30). The molecule has 1 aromatic heterocycles. The molecule has 2 aromatic carbocycles. The second kappa shape index (κ2) is 9.94. The van der Waals surface area contributed by atoms with E-state index in [1.165, 1.54) is 11.1 Å². The number of fused-ring (bicyclic) bond motifs is 2. The molecule has 2 aliphatic rings. The first-order valence-electron chi connectivity index (χ1n) is 11.1. The average Bonchev–Trinajstić information content (AvgIpc) is 2.85. The smallest absolute Gasteiger partial charge is 0.229 e. The number of hydrogen-bond acceptors (Lipinski definition) is 8. The van der Waals surface area contributed by atoms with Crippen LogP contribution >= 0.6 is 23.9 Å². The van der Waals surface area contributed by atoms with Crippen LogP contribution in [0.5, 0.6) is 17.2 Å². The Hall–Kier alpha value is -2.61. The zero-order valence-corrected chi connectivity index (χ0v) is 21.8. The van der Waals surface area contributed by atoms with Crippen LogP contribution in [0.15, 0.2) is 34.9 Å². The Kier molecular flexibility index (Phi) is 6.77. The molecule has 5 rings (SSSR count). The lowest BCUT2D eigenvalue weighted by molar-refractivity contribution is 0.173. The highest BCUT2D eigenvalue weighted by molar-refractivity contribution is 9.10. The van der Waals surface area contributed by atoms with Gasteiger partial charge in [-0.15, -0.1) is 0 Å². The van der Waals surface area contributed by atoms with Crippen molar-refractivity contribution < 1.29 is 14.2 Å². The van der Waals surface area contributed by atoms with Gasteiger partial charge in [0.1, 0.15) is 24.8 Å². The zero-order valence-electron chi connectivity index (χ0n) is 19.4. The predicted octanol–water partition coefficient (Wildman–Crippen LogP) is 4.52. The molecular weight excluding hydrogens is 517 g/mol. The van der Waals surface area contributed by atoms with Gasteiger partial charge in [0, 0.05) is 18.0 Å². The summed E-state index contributed by atoms with van der Waals surface area (Å²) in [6.07, 6.45) is 2.72. The molecule has 0 radical (unpaired) electrons. The van der Waals surface area contributed by atoms with Crippen molar-refractivity contribution in [1.29, 1.82) is 0 Å². The number of anilines is 4. The number of benzene rings is 2. The van der Waals surface area contributed by atoms with E-state index in [1.54, 1.807) is 13.3 Å². The third kappa shape index (κ3) is 4.65. The van der Waals surface area contributed by atoms with E-state index in [2.05, 4.69) is 62.3 Å². The van der Waals surface area contributed by atoms with Gasteiger partial charge >= 0.3 is 0 Å². The van der Waals surface area contributed by atoms with Gasteiger partial charge in [0.05, 0.1) is 23.0 Å². The Bertz CT molecular complexity index is 1220. The maximum Gasteiger partial charge on any atom is 0.229 e. The van der Waals surface area contributed by atoms with E-state index in [-0.39, 0.29) is 0 Å². The van der Waals surface area contributed by atoms with Gasteiger partial charge in [-0.1, -0.05) is 7.92 Å². The molecule has 0 bridgehead atoms. The third-order valence-corrected chi connectivity index (χ3v) is 7.70. The largest absolute Gasteiger partial charge is 0.495 e. The number of nitrogens with zero attached hydrogens (tertiary/aromatic N) is 2. The molecule has 2 aliphatic heterocycles. The van der Waals surface area contributed by atoms with Crippen LogP contribution in [-0.2, 0) is 13.0 Å². The van der Waals surface area contributed by atoms with Gasteiger partial charge in [0.15, 0.2) is 11.5 Å². The third-order valence-electron chi connectivity index (χ3n) is 5.78. The fraction of sp³-hybridized carbons (Fsp3) is 0.333. The van der Waals surface area contributed by atoms with E-state index >= 15 is 0 Å². The first-order chi connectivity index (χ1) is 16.5. The summed E-state index contributed by atoms with van der Waals surface area (Å²) in [4.78, 5) is 9.22. The average molecular weight is 544 g/mol. The van der Waals surface area contributed by atoms with Crippen LogP contribution in [0.3, 0.4) is 0 Å². The van der Waals surface area contributed by atoms with Crippen LogP contribution in [0.1, 0.15) is 11.1 Å². The second-order valence-corrected chi connectivity index (χ2v) is 11.4. The Balaban J connectivity index is 1.46. The molecule has 0 spiro atoms. The first kappa shape index (κ1) is 23.1. The van der Waals surface area contributed by atoms with Crippen molar-refractivity contribution in [2.45, 2.75) is 13.0 Å². The molecule has 34 heavy (non-hydrogen) atoms. The van der Waals surface area contributed by atoms with Crippen LogP contribution in [0.2, 0.25) is 0 Å². The molecule has 178 valence electrons. The Labute approximate surface area is 208 Å². The van der Waals surface area contributed by atoms with Crippen LogP contribution < -0.4 is 35.5 Å². The summed E-state index contributed by atoms with van der Waals surface area (Å²) < 4.78 is 18.2. The summed E-state index contributed by atoms with van der Waals surface area (Å²) in [5.74, 6) is 3.52. The maximum absolute atomic E-state index is 5.97. The van der Waals surface area contributed by atoms with E-state index in [9.17, 15) is 0 Å². The van der Waals surface area contributed by atoms with Gasteiger partial charge in [-0.3, -0.25) is 0 Å². The lowest BCUT2D eigenvalue weighted by Crippen LogP contribution is -2.23. The van der Waals surface area contributed by atoms with Gasteiger partial charge in [0.2, 0.25) is 5.95 Å². The minimum Gasteiger partial charge on any atom is -0.495 e. The Morgan fingerprint density at radius 2 is 1.94 bits per heavy atom. The molecule has 3 heterocycles. The molecule has 3 aromatic rings. The molecule has 0 fully saturated rings. The van der Waals surface area contributed by atoms with Gasteiger partial charge in [-0.05, 0) is 77.6 Å². The van der Waals surface area contributed by atoms with Crippen molar-refractivity contribution in [1.82, 2.24) is 15.3 Å². The van der Waals surface area contributed by atoms with Crippen molar-refractivity contribution in [3.05, 3.63) is 46.1 Å². The monoisotopic (exact) mass is 543 g/mol. The van der Waals surface area contributed by atoms with E-state index < -0.39 is 7.92 Å². The normalized spacial score (nSPS) is 14.5. The fourth-order valence-electron chi connectivity index (χ4n) is 4.19. The number of methoxy groups -OCH3 is 1. The summed E-state index contributed by atoms with van der Waals surface area (Å²) >= 11 is 3.59. The molecule has 0 saturated carbocycles. The molecular formula is C24H27BrN5O3P. The summed E-state index contributed by atoms with van der Waals surface area (Å²) in [6, 6.07) is 8.18. The SMILES string of the molecule is COc1cc2c(cc1Nc1ncc(Br)c(Nc3ccc4c(c3P(C)C)OCCO4)n1)CCNC2. The maximum atomic E-state index is 5.97. The van der Waals surface area contributed by atoms with Crippen LogP contribution in [0.25, 0.3) is 0 Å². The van der Waals surface area contributed by atoms with Crippen LogP contribution in [-0.4, -0.2) is 50.2 Å². The number of ether oxygens (including phenoxy) is 3. The second-order valence-electron chi connectivity index (χ2n) is 8.27. The molecule has 0 saturated heterocycles. The summed E-state index contributed by atoms with van der Waals surface area (Å²) in [5.41, 5.74) is 4.36. The summed E-state index contributed by atoms with van der Waals surface area (Å²) in [5, 5.41) is 11.3. The Morgan fingerprint density at radius 1 is 1.09 bits per heavy atom. The van der Waals surface area contributed by atoms with Crippen molar-refractivity contribution in [3.8, 4) is 17.2 Å². The number of hydrogen-bond donors (Lipinski definition) is 3. The molecule has 0 unspecified atom stereocenters. The minimum absolute atomic E-state index is 0.459. The number of halogens is 1. The fourth-order valence-corrected chi connectivity index (χ4v) is 5.67. The minimum atomic E-state index is -0.459. The van der Waals surface area contributed by atoms with Crippen molar-refractivity contribution in [2.24, 2.45) is 0 Å². The lowest BCUT2D eigenvalue weighted by atomic mass is 10.00. The molecule has 0 atom stereocenters. The molecule has 8 nitrogen and oxygen atoms in total. The number of rotatable bonds is 6. The topological polar surface area (TPSA) is 89.6 Å². The van der Waals surface area contributed by atoms with E-state index in [4.69, 9.17) is 19.2 Å². The molecule has 3 N–H and O–H groups in total. The molecule has 0 aliphatic carbocycles. The van der Waals surface area contributed by atoms with Crippen molar-refractivity contribution >= 4 is 52.3 Å². The van der Waals surface area contributed by atoms with Gasteiger partial charge in [0.25, 0.3) is 0 Å². The van der Waals surface area contributed by atoms with E-state index in [0.717, 1.165) is 57.9 Å². The highest BCUT2D eigenvalue weighted by Crippen LogP contribution is 2.42. The molecule has 10 heteroatoms. The van der Waals surface area contributed by atoms with Gasteiger partial charge in [-0.25, -0.2) is 4.98 Å². The van der Waals surface area contributed by atoms with Crippen molar-refractivity contribution in [3.63, 3.8) is 0 Å². The Morgan fingerprint density at radius 3 is 2.76 bits per heavy atom. The quantitative estimate of drug-likeness (QED) is 0.391. The number of nitrogens with one attached hydrogen (secondary N) is 3. The van der Waals surface area contributed by atoms with Gasteiger partial charge < -0.3 is 30.2 Å². The lowest BCUT2D eigenvalue weighted by Gasteiger charge is -2.25. The molecule has 0 amide bonds. The number of aromatic nitrogens is 2. The van der Waals surface area contributed by atoms with Crippen LogP contribution in [0, 0.1) is 0 Å². The van der Waals surface area contributed by atoms with E-state index in [0.29, 0.717) is 25.0 Å².